The summed E-state index contributed by atoms with van der Waals surface area (Å²) < 4.78 is 16.6. The minimum absolute atomic E-state index is 0.150. The first kappa shape index (κ1) is 33.7. The van der Waals surface area contributed by atoms with Crippen LogP contribution in [0, 0.1) is 13.1 Å². The molecule has 3 N–H and O–H groups in total. The van der Waals surface area contributed by atoms with E-state index in [4.69, 9.17) is 33.1 Å². The molecule has 10 nitrogen and oxygen atoms in total. The fourth-order valence-corrected chi connectivity index (χ4v) is 4.88. The van der Waals surface area contributed by atoms with Crippen LogP contribution in [-0.2, 0) is 4.74 Å². The van der Waals surface area contributed by atoms with Crippen molar-refractivity contribution in [3.8, 4) is 11.5 Å². The van der Waals surface area contributed by atoms with Gasteiger partial charge in [-0.15, -0.1) is 0 Å². The Labute approximate surface area is 256 Å². The fraction of sp³-hybridized carbons (Fsp3) is 0.545. The summed E-state index contributed by atoms with van der Waals surface area (Å²) in [6.45, 7) is 26.7. The Kier molecular flexibility index (Phi) is 13.6. The summed E-state index contributed by atoms with van der Waals surface area (Å²) in [6, 6.07) is 14.9. The summed E-state index contributed by atoms with van der Waals surface area (Å²) in [5.41, 5.74) is 6.65. The molecule has 43 heavy (non-hydrogen) atoms. The molecule has 0 spiro atoms. The van der Waals surface area contributed by atoms with E-state index in [0.717, 1.165) is 76.5 Å². The van der Waals surface area contributed by atoms with Gasteiger partial charge in [-0.2, -0.15) is 0 Å². The number of alkyl carbamates (subject to hydrolysis) is 1. The van der Waals surface area contributed by atoms with Crippen molar-refractivity contribution in [2.45, 2.75) is 64.1 Å². The highest BCUT2D eigenvalue weighted by atomic mass is 16.6. The lowest BCUT2D eigenvalue weighted by atomic mass is 10.2. The average Bonchev–Trinajstić information content (AvgIpc) is 3.61. The van der Waals surface area contributed by atoms with Crippen molar-refractivity contribution in [1.82, 2.24) is 15.1 Å². The molecule has 2 atom stereocenters. The van der Waals surface area contributed by atoms with Gasteiger partial charge in [-0.25, -0.2) is 14.5 Å². The minimum Gasteiger partial charge on any atom is -0.494 e. The third-order valence-electron chi connectivity index (χ3n) is 7.01. The molecule has 2 unspecified atom stereocenters. The van der Waals surface area contributed by atoms with Crippen molar-refractivity contribution in [1.29, 1.82) is 0 Å². The maximum atomic E-state index is 11.8. The van der Waals surface area contributed by atoms with E-state index in [1.165, 1.54) is 0 Å². The lowest BCUT2D eigenvalue weighted by Gasteiger charge is -2.22. The summed E-state index contributed by atoms with van der Waals surface area (Å²) in [7, 11) is 0. The molecule has 2 aliphatic rings. The number of rotatable bonds is 11. The Morgan fingerprint density at radius 1 is 0.860 bits per heavy atom. The highest BCUT2D eigenvalue weighted by molar-refractivity contribution is 5.68. The number of likely N-dealkylation sites (tertiary alicyclic amines) is 2. The second-order valence-corrected chi connectivity index (χ2v) is 11.9. The number of benzene rings is 2. The Morgan fingerprint density at radius 2 is 1.35 bits per heavy atom. The molecule has 0 aromatic heterocycles. The quantitative estimate of drug-likeness (QED) is 0.258. The van der Waals surface area contributed by atoms with Crippen LogP contribution in [0.5, 0.6) is 11.5 Å². The maximum absolute atomic E-state index is 11.8. The molecule has 2 saturated heterocycles. The van der Waals surface area contributed by atoms with Crippen LogP contribution in [0.2, 0.25) is 0 Å². The van der Waals surface area contributed by atoms with Crippen LogP contribution >= 0.6 is 0 Å². The van der Waals surface area contributed by atoms with Crippen LogP contribution in [0.4, 0.5) is 16.2 Å². The van der Waals surface area contributed by atoms with Crippen molar-refractivity contribution in [3.05, 3.63) is 71.4 Å². The smallest absolute Gasteiger partial charge is 0.407 e. The molecule has 4 rings (SSSR count). The lowest BCUT2D eigenvalue weighted by Crippen LogP contribution is -2.40. The predicted molar refractivity (Wildman–Crippen MR) is 169 cm³/mol. The topological polar surface area (TPSA) is 98.0 Å². The zero-order chi connectivity index (χ0) is 31.1. The van der Waals surface area contributed by atoms with Gasteiger partial charge in [-0.3, -0.25) is 0 Å². The molecule has 1 amide bonds. The Morgan fingerprint density at radius 3 is 1.79 bits per heavy atom. The number of hydrogen-bond acceptors (Lipinski definition) is 7. The number of nitrogens with zero attached hydrogens (tertiary/aromatic N) is 4. The van der Waals surface area contributed by atoms with Crippen LogP contribution in [0.1, 0.15) is 46.5 Å². The highest BCUT2D eigenvalue weighted by Gasteiger charge is 2.25. The van der Waals surface area contributed by atoms with Crippen molar-refractivity contribution >= 4 is 17.5 Å². The molecule has 0 radical (unpaired) electrons. The Bertz CT molecular complexity index is 1200. The average molecular weight is 591 g/mol. The van der Waals surface area contributed by atoms with Gasteiger partial charge in [0.1, 0.15) is 17.1 Å². The van der Waals surface area contributed by atoms with Crippen LogP contribution in [0.15, 0.2) is 48.5 Å². The van der Waals surface area contributed by atoms with E-state index >= 15 is 0 Å². The molecular weight excluding hydrogens is 544 g/mol. The third-order valence-corrected chi connectivity index (χ3v) is 7.01. The molecule has 2 aliphatic heterocycles. The van der Waals surface area contributed by atoms with Crippen LogP contribution in [0.25, 0.3) is 9.69 Å². The standard InChI is InChI=1S/C19H27N3O3.C14H19N3O/c1-19(2,3)25-18(23)21-16-10-12-22(14-16)11-5-13-24-17-8-6-15(20-4)7-9-17;1-16-13-3-5-14(6-4-13)18-10-2-8-17-9-7-12(15)11-17/h6-9,16H,5,10-14H2,1-3H3,(H,21,23);3-6,12H,2,7-11,15H2. The van der Waals surface area contributed by atoms with Gasteiger partial charge in [0.25, 0.3) is 0 Å². The molecule has 2 aromatic carbocycles. The predicted octanol–water partition coefficient (Wildman–Crippen LogP) is 5.64. The van der Waals surface area contributed by atoms with E-state index in [9.17, 15) is 4.79 Å². The van der Waals surface area contributed by atoms with E-state index in [1.807, 2.05) is 45.0 Å². The van der Waals surface area contributed by atoms with Gasteiger partial charge < -0.3 is 35.1 Å². The van der Waals surface area contributed by atoms with Gasteiger partial charge in [-0.1, -0.05) is 24.3 Å². The van der Waals surface area contributed by atoms with Gasteiger partial charge in [0, 0.05) is 44.8 Å². The summed E-state index contributed by atoms with van der Waals surface area (Å²) in [5, 5.41) is 2.93. The number of nitrogens with two attached hydrogens (primary N) is 1. The lowest BCUT2D eigenvalue weighted by molar-refractivity contribution is 0.0505. The van der Waals surface area contributed by atoms with E-state index in [0.29, 0.717) is 30.6 Å². The van der Waals surface area contributed by atoms with E-state index in [1.54, 1.807) is 24.3 Å². The fourth-order valence-electron chi connectivity index (χ4n) is 4.88. The zero-order valence-corrected chi connectivity index (χ0v) is 25.8. The Hall–Kier alpha value is -3.83. The second kappa shape index (κ2) is 17.3. The molecule has 2 heterocycles. The number of amides is 1. The van der Waals surface area contributed by atoms with E-state index in [2.05, 4.69) is 24.8 Å². The number of carbonyl (C=O) groups excluding carboxylic acids is 1. The van der Waals surface area contributed by atoms with Crippen LogP contribution in [0.3, 0.4) is 0 Å². The van der Waals surface area contributed by atoms with E-state index < -0.39 is 5.60 Å². The van der Waals surface area contributed by atoms with Gasteiger partial charge in [0.15, 0.2) is 11.4 Å². The summed E-state index contributed by atoms with van der Waals surface area (Å²) >= 11 is 0. The van der Waals surface area contributed by atoms with Crippen molar-refractivity contribution in [3.63, 3.8) is 0 Å². The highest BCUT2D eigenvalue weighted by Crippen LogP contribution is 2.19. The van der Waals surface area contributed by atoms with Gasteiger partial charge in [-0.05, 0) is 77.3 Å². The minimum atomic E-state index is -0.466. The normalized spacial score (nSPS) is 18.6. The number of nitrogens with one attached hydrogen (secondary N) is 1. The monoisotopic (exact) mass is 590 g/mol. The zero-order valence-electron chi connectivity index (χ0n) is 25.8. The van der Waals surface area contributed by atoms with Crippen molar-refractivity contribution < 1.29 is 19.0 Å². The van der Waals surface area contributed by atoms with E-state index in [-0.39, 0.29) is 12.1 Å². The van der Waals surface area contributed by atoms with Crippen LogP contribution < -0.4 is 20.5 Å². The molecule has 2 aromatic rings. The number of ether oxygens (including phenoxy) is 3. The van der Waals surface area contributed by atoms with Gasteiger partial charge in [0.2, 0.25) is 0 Å². The molecule has 10 heteroatoms. The SMILES string of the molecule is [C-]#[N+]c1ccc(OCCCN2CCC(N)C2)cc1.[C-]#[N+]c1ccc(OCCCN2CCC(NC(=O)OC(C)(C)C)C2)cc1. The summed E-state index contributed by atoms with van der Waals surface area (Å²) in [5.74, 6) is 1.62. The van der Waals surface area contributed by atoms with Gasteiger partial charge >= 0.3 is 6.09 Å². The maximum Gasteiger partial charge on any atom is 0.407 e. The third kappa shape index (κ3) is 13.3. The first-order valence-electron chi connectivity index (χ1n) is 15.0. The molecule has 0 saturated carbocycles. The Balaban J connectivity index is 0.000000248. The molecule has 0 bridgehead atoms. The number of carbonyl (C=O) groups is 1. The van der Waals surface area contributed by atoms with Crippen molar-refractivity contribution in [2.24, 2.45) is 5.73 Å². The van der Waals surface area contributed by atoms with Gasteiger partial charge in [0.05, 0.1) is 26.4 Å². The second-order valence-electron chi connectivity index (χ2n) is 11.9. The largest absolute Gasteiger partial charge is 0.494 e. The first-order chi connectivity index (χ1) is 20.6. The first-order valence-corrected chi connectivity index (χ1v) is 15.0. The summed E-state index contributed by atoms with van der Waals surface area (Å²) in [4.78, 5) is 23.2. The molecule has 2 fully saturated rings. The molecule has 232 valence electrons. The molecular formula is C33H46N6O4. The summed E-state index contributed by atoms with van der Waals surface area (Å²) in [6.07, 6.45) is 3.64. The van der Waals surface area contributed by atoms with Crippen LogP contribution in [-0.4, -0.2) is 86.1 Å². The molecule has 0 aliphatic carbocycles. The van der Waals surface area contributed by atoms with Crippen molar-refractivity contribution in [2.75, 3.05) is 52.5 Å². The number of hydrogen-bond donors (Lipinski definition) is 2.